The molecule has 0 radical (unpaired) electrons. The zero-order chi connectivity index (χ0) is 13.2. The van der Waals surface area contributed by atoms with Crippen molar-refractivity contribution in [3.05, 3.63) is 0 Å². The van der Waals surface area contributed by atoms with Crippen molar-refractivity contribution >= 4 is 0 Å². The first-order valence-electron chi connectivity index (χ1n) is 6.43. The molecule has 2 rings (SSSR count). The standard InChI is InChI=1S/C12H18F3N3/c13-12(14,15)10(7-16)8-17-4-2-6-18-5-1-3-11(18)9-17/h10-11H,1-6,8-9H2. The van der Waals surface area contributed by atoms with Gasteiger partial charge in [0, 0.05) is 19.1 Å². The summed E-state index contributed by atoms with van der Waals surface area (Å²) in [6.07, 6.45) is -1.30. The lowest BCUT2D eigenvalue weighted by Crippen LogP contribution is -2.41. The number of rotatable bonds is 2. The van der Waals surface area contributed by atoms with Crippen LogP contribution in [0.1, 0.15) is 19.3 Å². The number of fused-ring (bicyclic) bond motifs is 1. The number of halogens is 3. The average Bonchev–Trinajstić information content (AvgIpc) is 2.63. The van der Waals surface area contributed by atoms with Crippen LogP contribution in [0.15, 0.2) is 0 Å². The van der Waals surface area contributed by atoms with Gasteiger partial charge in [0.2, 0.25) is 0 Å². The Hall–Kier alpha value is -0.800. The molecule has 2 aliphatic rings. The number of alkyl halides is 3. The zero-order valence-corrected chi connectivity index (χ0v) is 10.3. The smallest absolute Gasteiger partial charge is 0.300 e. The lowest BCUT2D eigenvalue weighted by molar-refractivity contribution is -0.163. The minimum atomic E-state index is -4.41. The number of hydrogen-bond acceptors (Lipinski definition) is 3. The molecule has 0 aromatic heterocycles. The summed E-state index contributed by atoms with van der Waals surface area (Å²) in [5.41, 5.74) is 0. The van der Waals surface area contributed by atoms with E-state index in [0.29, 0.717) is 19.1 Å². The Kier molecular flexibility index (Phi) is 4.13. The van der Waals surface area contributed by atoms with Crippen molar-refractivity contribution in [3.63, 3.8) is 0 Å². The van der Waals surface area contributed by atoms with Gasteiger partial charge in [0.05, 0.1) is 6.07 Å². The van der Waals surface area contributed by atoms with Crippen molar-refractivity contribution in [1.29, 1.82) is 5.26 Å². The van der Waals surface area contributed by atoms with Gasteiger partial charge in [-0.15, -0.1) is 0 Å². The predicted molar refractivity (Wildman–Crippen MR) is 60.8 cm³/mol. The van der Waals surface area contributed by atoms with Gasteiger partial charge in [-0.1, -0.05) is 0 Å². The van der Waals surface area contributed by atoms with Crippen LogP contribution in [0.4, 0.5) is 13.2 Å². The largest absolute Gasteiger partial charge is 0.405 e. The summed E-state index contributed by atoms with van der Waals surface area (Å²) in [5.74, 6) is -1.86. The molecule has 0 N–H and O–H groups in total. The normalized spacial score (nSPS) is 28.4. The molecule has 6 heteroatoms. The highest BCUT2D eigenvalue weighted by Gasteiger charge is 2.41. The first kappa shape index (κ1) is 13.6. The molecule has 2 fully saturated rings. The van der Waals surface area contributed by atoms with Crippen LogP contribution in [0.3, 0.4) is 0 Å². The Morgan fingerprint density at radius 3 is 2.61 bits per heavy atom. The second-order valence-corrected chi connectivity index (χ2v) is 5.17. The van der Waals surface area contributed by atoms with Gasteiger partial charge in [-0.2, -0.15) is 18.4 Å². The number of hydrogen-bond donors (Lipinski definition) is 0. The molecule has 3 nitrogen and oxygen atoms in total. The Labute approximate surface area is 105 Å². The fourth-order valence-corrected chi connectivity index (χ4v) is 2.92. The average molecular weight is 261 g/mol. The van der Waals surface area contributed by atoms with Gasteiger partial charge in [-0.25, -0.2) is 0 Å². The van der Waals surface area contributed by atoms with E-state index in [2.05, 4.69) is 4.90 Å². The van der Waals surface area contributed by atoms with Crippen molar-refractivity contribution in [3.8, 4) is 6.07 Å². The molecule has 0 bridgehead atoms. The summed E-state index contributed by atoms with van der Waals surface area (Å²) >= 11 is 0. The first-order valence-corrected chi connectivity index (χ1v) is 6.43. The molecule has 0 aromatic rings. The van der Waals surface area contributed by atoms with Gasteiger partial charge < -0.3 is 4.90 Å². The maximum Gasteiger partial charge on any atom is 0.405 e. The molecular formula is C12H18F3N3. The van der Waals surface area contributed by atoms with Crippen LogP contribution in [-0.2, 0) is 0 Å². The van der Waals surface area contributed by atoms with Gasteiger partial charge in [0.1, 0.15) is 0 Å². The minimum absolute atomic E-state index is 0.176. The molecule has 0 amide bonds. The lowest BCUT2D eigenvalue weighted by atomic mass is 10.1. The monoisotopic (exact) mass is 261 g/mol. The van der Waals surface area contributed by atoms with Crippen LogP contribution in [0.5, 0.6) is 0 Å². The minimum Gasteiger partial charge on any atom is -0.300 e. The van der Waals surface area contributed by atoms with E-state index in [1.54, 1.807) is 0 Å². The summed E-state index contributed by atoms with van der Waals surface area (Å²) < 4.78 is 37.8. The fraction of sp³-hybridized carbons (Fsp3) is 0.917. The SMILES string of the molecule is N#CC(CN1CCCN2CCCC2C1)C(F)(F)F. The van der Waals surface area contributed by atoms with Crippen LogP contribution in [0.25, 0.3) is 0 Å². The topological polar surface area (TPSA) is 30.3 Å². The van der Waals surface area contributed by atoms with E-state index in [9.17, 15) is 13.2 Å². The van der Waals surface area contributed by atoms with Crippen molar-refractivity contribution < 1.29 is 13.2 Å². The molecule has 2 saturated heterocycles. The van der Waals surface area contributed by atoms with E-state index in [1.165, 1.54) is 6.07 Å². The van der Waals surface area contributed by atoms with Crippen LogP contribution < -0.4 is 0 Å². The molecule has 0 aliphatic carbocycles. The predicted octanol–water partition coefficient (Wildman–Crippen LogP) is 1.86. The van der Waals surface area contributed by atoms with E-state index in [1.807, 2.05) is 4.90 Å². The van der Waals surface area contributed by atoms with Crippen molar-refractivity contribution in [1.82, 2.24) is 9.80 Å². The maximum atomic E-state index is 12.6. The molecule has 2 aliphatic heterocycles. The van der Waals surface area contributed by atoms with Crippen LogP contribution >= 0.6 is 0 Å². The van der Waals surface area contributed by atoms with Crippen molar-refractivity contribution in [2.45, 2.75) is 31.5 Å². The summed E-state index contributed by atoms with van der Waals surface area (Å²) in [6.45, 7) is 3.21. The highest BCUT2D eigenvalue weighted by atomic mass is 19.4. The third-order valence-electron chi connectivity index (χ3n) is 3.88. The highest BCUT2D eigenvalue weighted by Crippen LogP contribution is 2.28. The molecule has 102 valence electrons. The van der Waals surface area contributed by atoms with Crippen molar-refractivity contribution in [2.24, 2.45) is 5.92 Å². The number of nitrogens with zero attached hydrogens (tertiary/aromatic N) is 3. The zero-order valence-electron chi connectivity index (χ0n) is 10.3. The van der Waals surface area contributed by atoms with E-state index >= 15 is 0 Å². The molecule has 0 saturated carbocycles. The summed E-state index contributed by atoms with van der Waals surface area (Å²) in [6, 6.07) is 1.78. The van der Waals surface area contributed by atoms with Gasteiger partial charge in [0.15, 0.2) is 5.92 Å². The van der Waals surface area contributed by atoms with Gasteiger partial charge >= 0.3 is 6.18 Å². The Balaban J connectivity index is 1.94. The quantitative estimate of drug-likeness (QED) is 0.760. The Morgan fingerprint density at radius 2 is 1.94 bits per heavy atom. The molecule has 2 atom stereocenters. The van der Waals surface area contributed by atoms with Crippen LogP contribution in [-0.4, -0.2) is 54.7 Å². The van der Waals surface area contributed by atoms with E-state index < -0.39 is 12.1 Å². The lowest BCUT2D eigenvalue weighted by Gasteiger charge is -2.27. The third-order valence-corrected chi connectivity index (χ3v) is 3.88. The first-order chi connectivity index (χ1) is 8.50. The highest BCUT2D eigenvalue weighted by molar-refractivity contribution is 4.93. The second-order valence-electron chi connectivity index (χ2n) is 5.17. The Morgan fingerprint density at radius 1 is 1.22 bits per heavy atom. The van der Waals surface area contributed by atoms with Gasteiger partial charge in [-0.05, 0) is 38.9 Å². The molecule has 2 unspecified atom stereocenters. The van der Waals surface area contributed by atoms with E-state index in [4.69, 9.17) is 5.26 Å². The van der Waals surface area contributed by atoms with E-state index in [0.717, 1.165) is 32.4 Å². The molecule has 18 heavy (non-hydrogen) atoms. The van der Waals surface area contributed by atoms with Gasteiger partial charge in [-0.3, -0.25) is 4.90 Å². The van der Waals surface area contributed by atoms with E-state index in [-0.39, 0.29) is 6.54 Å². The Bertz CT molecular complexity index is 324. The maximum absolute atomic E-state index is 12.6. The van der Waals surface area contributed by atoms with Crippen LogP contribution in [0, 0.1) is 17.2 Å². The summed E-state index contributed by atoms with van der Waals surface area (Å²) in [5, 5.41) is 8.64. The molecule has 0 spiro atoms. The number of nitriles is 1. The second kappa shape index (κ2) is 5.45. The third kappa shape index (κ3) is 3.15. The molecule has 2 heterocycles. The summed E-state index contributed by atoms with van der Waals surface area (Å²) in [4.78, 5) is 4.19. The van der Waals surface area contributed by atoms with Crippen molar-refractivity contribution in [2.75, 3.05) is 32.7 Å². The molecule has 0 aromatic carbocycles. The molecular weight excluding hydrogens is 243 g/mol. The van der Waals surface area contributed by atoms with Gasteiger partial charge in [0.25, 0.3) is 0 Å². The fourth-order valence-electron chi connectivity index (χ4n) is 2.92. The summed E-state index contributed by atoms with van der Waals surface area (Å²) in [7, 11) is 0. The van der Waals surface area contributed by atoms with Crippen LogP contribution in [0.2, 0.25) is 0 Å².